The monoisotopic (exact) mass is 365 g/mol. The number of halogens is 1. The van der Waals surface area contributed by atoms with Gasteiger partial charge in [0, 0.05) is 32.8 Å². The maximum Gasteiger partial charge on any atom is 0.193 e. The van der Waals surface area contributed by atoms with Crippen LogP contribution in [0.5, 0.6) is 5.75 Å². The van der Waals surface area contributed by atoms with Crippen LogP contribution in [0.25, 0.3) is 0 Å². The summed E-state index contributed by atoms with van der Waals surface area (Å²) in [6.45, 7) is 5.57. The lowest BCUT2D eigenvalue weighted by atomic mass is 10.1. The number of hydrogen-bond donors (Lipinski definition) is 1. The molecule has 2 heterocycles. The first kappa shape index (κ1) is 18.9. The molecule has 0 bridgehead atoms. The maximum absolute atomic E-state index is 13.3. The third kappa shape index (κ3) is 5.08. The molecule has 26 heavy (non-hydrogen) atoms. The minimum absolute atomic E-state index is 0.0887. The molecule has 0 aliphatic carbocycles. The number of ether oxygens (including phenoxy) is 3. The summed E-state index contributed by atoms with van der Waals surface area (Å²) in [5, 5.41) is 3.35. The minimum atomic E-state index is -0.299. The van der Waals surface area contributed by atoms with Crippen molar-refractivity contribution in [1.82, 2.24) is 10.2 Å². The topological polar surface area (TPSA) is 55.3 Å². The van der Waals surface area contributed by atoms with Crippen molar-refractivity contribution in [2.45, 2.75) is 38.1 Å². The number of hydrogen-bond acceptors (Lipinski definition) is 4. The molecule has 144 valence electrons. The van der Waals surface area contributed by atoms with Crippen molar-refractivity contribution >= 4 is 5.96 Å². The van der Waals surface area contributed by atoms with E-state index in [2.05, 4.69) is 15.2 Å². The number of rotatable bonds is 5. The molecule has 1 aromatic rings. The Hall–Kier alpha value is -1.86. The van der Waals surface area contributed by atoms with Crippen LogP contribution in [0.2, 0.25) is 0 Å². The normalized spacial score (nSPS) is 25.2. The van der Waals surface area contributed by atoms with E-state index in [1.165, 1.54) is 12.1 Å². The zero-order chi connectivity index (χ0) is 18.4. The number of morpholine rings is 1. The summed E-state index contributed by atoms with van der Waals surface area (Å²) in [4.78, 5) is 6.58. The largest absolute Gasteiger partial charge is 0.489 e. The lowest BCUT2D eigenvalue weighted by Crippen LogP contribution is -2.54. The van der Waals surface area contributed by atoms with Gasteiger partial charge >= 0.3 is 0 Å². The van der Waals surface area contributed by atoms with Crippen LogP contribution in [0.15, 0.2) is 29.3 Å². The van der Waals surface area contributed by atoms with E-state index in [-0.39, 0.29) is 24.1 Å². The van der Waals surface area contributed by atoms with Gasteiger partial charge in [-0.15, -0.1) is 0 Å². The van der Waals surface area contributed by atoms with Gasteiger partial charge in [-0.1, -0.05) is 6.07 Å². The zero-order valence-corrected chi connectivity index (χ0v) is 15.5. The second-order valence-corrected chi connectivity index (χ2v) is 6.72. The lowest BCUT2D eigenvalue weighted by Gasteiger charge is -2.37. The first-order valence-electron chi connectivity index (χ1n) is 9.26. The molecule has 0 spiro atoms. The van der Waals surface area contributed by atoms with Crippen molar-refractivity contribution in [1.29, 1.82) is 0 Å². The molecular formula is C19H28FN3O3. The molecular weight excluding hydrogens is 337 g/mol. The summed E-state index contributed by atoms with van der Waals surface area (Å²) in [5.41, 5.74) is 0. The highest BCUT2D eigenvalue weighted by molar-refractivity contribution is 5.80. The Balaban J connectivity index is 1.49. The van der Waals surface area contributed by atoms with E-state index in [1.807, 2.05) is 6.92 Å². The van der Waals surface area contributed by atoms with Gasteiger partial charge in [-0.2, -0.15) is 0 Å². The molecule has 3 atom stereocenters. The molecule has 0 aromatic heterocycles. The molecule has 1 aromatic carbocycles. The minimum Gasteiger partial charge on any atom is -0.489 e. The SMILES string of the molecule is CN=C(NCC(C)Oc1cccc(F)c1)N1CCOC(C2CCCO2)C1. The van der Waals surface area contributed by atoms with Gasteiger partial charge in [0.15, 0.2) is 5.96 Å². The van der Waals surface area contributed by atoms with E-state index in [0.717, 1.165) is 38.5 Å². The van der Waals surface area contributed by atoms with Crippen LogP contribution in [-0.4, -0.2) is 69.1 Å². The molecule has 0 radical (unpaired) electrons. The molecule has 2 aliphatic rings. The number of benzene rings is 1. The van der Waals surface area contributed by atoms with E-state index in [4.69, 9.17) is 14.2 Å². The van der Waals surface area contributed by atoms with Crippen molar-refractivity contribution < 1.29 is 18.6 Å². The highest BCUT2D eigenvalue weighted by atomic mass is 19.1. The summed E-state index contributed by atoms with van der Waals surface area (Å²) in [6.07, 6.45) is 2.32. The van der Waals surface area contributed by atoms with Crippen LogP contribution in [0.1, 0.15) is 19.8 Å². The molecule has 3 rings (SSSR count). The number of guanidine groups is 1. The van der Waals surface area contributed by atoms with Crippen LogP contribution in [-0.2, 0) is 9.47 Å². The van der Waals surface area contributed by atoms with Gasteiger partial charge < -0.3 is 24.4 Å². The Morgan fingerprint density at radius 2 is 2.23 bits per heavy atom. The summed E-state index contributed by atoms with van der Waals surface area (Å²) in [6, 6.07) is 6.19. The van der Waals surface area contributed by atoms with Gasteiger partial charge in [0.1, 0.15) is 23.8 Å². The van der Waals surface area contributed by atoms with Crippen LogP contribution < -0.4 is 10.1 Å². The van der Waals surface area contributed by atoms with Gasteiger partial charge in [0.25, 0.3) is 0 Å². The van der Waals surface area contributed by atoms with Crippen LogP contribution >= 0.6 is 0 Å². The van der Waals surface area contributed by atoms with Crippen LogP contribution in [0, 0.1) is 5.82 Å². The van der Waals surface area contributed by atoms with E-state index in [1.54, 1.807) is 19.2 Å². The molecule has 2 aliphatic heterocycles. The van der Waals surface area contributed by atoms with Crippen LogP contribution in [0.3, 0.4) is 0 Å². The number of aliphatic imine (C=N–C) groups is 1. The average Bonchev–Trinajstić information content (AvgIpc) is 3.17. The molecule has 0 amide bonds. The van der Waals surface area contributed by atoms with Crippen molar-refractivity contribution in [2.24, 2.45) is 4.99 Å². The zero-order valence-electron chi connectivity index (χ0n) is 15.5. The van der Waals surface area contributed by atoms with E-state index >= 15 is 0 Å². The van der Waals surface area contributed by atoms with Crippen molar-refractivity contribution in [3.8, 4) is 5.75 Å². The summed E-state index contributed by atoms with van der Waals surface area (Å²) < 4.78 is 30.7. The van der Waals surface area contributed by atoms with Crippen molar-refractivity contribution in [3.05, 3.63) is 30.1 Å². The third-order valence-electron chi connectivity index (χ3n) is 4.67. The molecule has 2 fully saturated rings. The van der Waals surface area contributed by atoms with E-state index in [9.17, 15) is 4.39 Å². The van der Waals surface area contributed by atoms with Gasteiger partial charge in [0.05, 0.1) is 19.3 Å². The predicted molar refractivity (Wildman–Crippen MR) is 98.1 cm³/mol. The van der Waals surface area contributed by atoms with Gasteiger partial charge in [-0.25, -0.2) is 4.39 Å². The Morgan fingerprint density at radius 3 is 2.96 bits per heavy atom. The lowest BCUT2D eigenvalue weighted by molar-refractivity contribution is -0.0817. The molecule has 0 saturated carbocycles. The van der Waals surface area contributed by atoms with Crippen LogP contribution in [0.4, 0.5) is 4.39 Å². The Bertz CT molecular complexity index is 607. The Kier molecular flexibility index (Phi) is 6.68. The second-order valence-electron chi connectivity index (χ2n) is 6.72. The highest BCUT2D eigenvalue weighted by Gasteiger charge is 2.32. The second kappa shape index (κ2) is 9.19. The van der Waals surface area contributed by atoms with Gasteiger partial charge in [-0.3, -0.25) is 4.99 Å². The molecule has 7 heteroatoms. The van der Waals surface area contributed by atoms with E-state index in [0.29, 0.717) is 18.9 Å². The first-order chi connectivity index (χ1) is 12.7. The van der Waals surface area contributed by atoms with Gasteiger partial charge in [0.2, 0.25) is 0 Å². The first-order valence-corrected chi connectivity index (χ1v) is 9.26. The summed E-state index contributed by atoms with van der Waals surface area (Å²) >= 11 is 0. The summed E-state index contributed by atoms with van der Waals surface area (Å²) in [7, 11) is 1.77. The Labute approximate surface area is 154 Å². The number of nitrogens with one attached hydrogen (secondary N) is 1. The third-order valence-corrected chi connectivity index (χ3v) is 4.67. The predicted octanol–water partition coefficient (Wildman–Crippen LogP) is 2.05. The fraction of sp³-hybridized carbons (Fsp3) is 0.632. The maximum atomic E-state index is 13.3. The molecule has 3 unspecified atom stereocenters. The Morgan fingerprint density at radius 1 is 1.38 bits per heavy atom. The quantitative estimate of drug-likeness (QED) is 0.639. The molecule has 2 saturated heterocycles. The average molecular weight is 365 g/mol. The van der Waals surface area contributed by atoms with Gasteiger partial charge in [-0.05, 0) is 31.9 Å². The molecule has 6 nitrogen and oxygen atoms in total. The van der Waals surface area contributed by atoms with E-state index < -0.39 is 0 Å². The fourth-order valence-corrected chi connectivity index (χ4v) is 3.37. The fourth-order valence-electron chi connectivity index (χ4n) is 3.37. The van der Waals surface area contributed by atoms with Crippen molar-refractivity contribution in [2.75, 3.05) is 39.9 Å². The smallest absolute Gasteiger partial charge is 0.193 e. The summed E-state index contributed by atoms with van der Waals surface area (Å²) in [5.74, 6) is 1.05. The highest BCUT2D eigenvalue weighted by Crippen LogP contribution is 2.21. The standard InChI is InChI=1S/C19H28FN3O3/c1-14(26-16-6-3-5-15(20)11-16)12-22-19(21-2)23-8-10-25-18(13-23)17-7-4-9-24-17/h3,5-6,11,14,17-18H,4,7-10,12-13H2,1-2H3,(H,21,22). The van der Waals surface area contributed by atoms with Crippen molar-refractivity contribution in [3.63, 3.8) is 0 Å². The number of nitrogens with zero attached hydrogens (tertiary/aromatic N) is 2. The molecule has 1 N–H and O–H groups in total.